The number of hydrogen-bond donors (Lipinski definition) is 1. The van der Waals surface area contributed by atoms with Crippen LogP contribution in [0.3, 0.4) is 0 Å². The van der Waals surface area contributed by atoms with Crippen molar-refractivity contribution >= 4 is 34.2 Å². The summed E-state index contributed by atoms with van der Waals surface area (Å²) < 4.78 is 16.4. The molecule has 0 atom stereocenters. The number of nitrogens with one attached hydrogen (secondary N) is 1. The van der Waals surface area contributed by atoms with Crippen LogP contribution in [0.1, 0.15) is 34.9 Å². The molecule has 1 aliphatic heterocycles. The van der Waals surface area contributed by atoms with Gasteiger partial charge in [-0.15, -0.1) is 17.5 Å². The van der Waals surface area contributed by atoms with Gasteiger partial charge in [0.25, 0.3) is 5.91 Å². The number of halogens is 3. The Labute approximate surface area is 160 Å². The highest BCUT2D eigenvalue weighted by Crippen LogP contribution is 2.19. The quantitative estimate of drug-likeness (QED) is 0.807. The molecule has 1 saturated heterocycles. The first-order valence-electron chi connectivity index (χ1n) is 7.86. The van der Waals surface area contributed by atoms with Crippen LogP contribution in [-0.4, -0.2) is 45.9 Å². The topological polar surface area (TPSA) is 63.1 Å². The summed E-state index contributed by atoms with van der Waals surface area (Å²) in [6, 6.07) is 4.95. The average Bonchev–Trinajstić information content (AvgIpc) is 3.08. The molecule has 1 aliphatic rings. The summed E-state index contributed by atoms with van der Waals surface area (Å²) in [5.41, 5.74) is 0.734. The SMILES string of the molecule is CN(Cc1cc(Br)ccc1F)C(=O)c1cn(C2CCNCC2)nn1.Cl. The zero-order valence-corrected chi connectivity index (χ0v) is 16.2. The van der Waals surface area contributed by atoms with Gasteiger partial charge in [-0.3, -0.25) is 4.79 Å². The number of rotatable bonds is 4. The average molecular weight is 433 g/mol. The van der Waals surface area contributed by atoms with Crippen LogP contribution in [0.15, 0.2) is 28.9 Å². The fraction of sp³-hybridized carbons (Fsp3) is 0.438. The summed E-state index contributed by atoms with van der Waals surface area (Å²) >= 11 is 3.31. The van der Waals surface area contributed by atoms with E-state index in [0.717, 1.165) is 30.4 Å². The third-order valence-corrected chi connectivity index (χ3v) is 4.67. The van der Waals surface area contributed by atoms with Gasteiger partial charge in [0.2, 0.25) is 0 Å². The fourth-order valence-corrected chi connectivity index (χ4v) is 3.22. The second kappa shape index (κ2) is 8.73. The maximum Gasteiger partial charge on any atom is 0.276 e. The largest absolute Gasteiger partial charge is 0.336 e. The van der Waals surface area contributed by atoms with E-state index in [-0.39, 0.29) is 42.4 Å². The molecule has 1 aromatic heterocycles. The molecule has 0 aliphatic carbocycles. The van der Waals surface area contributed by atoms with Crippen LogP contribution < -0.4 is 5.32 Å². The maximum absolute atomic E-state index is 13.8. The Morgan fingerprint density at radius 3 is 2.88 bits per heavy atom. The zero-order valence-electron chi connectivity index (χ0n) is 13.8. The third kappa shape index (κ3) is 4.77. The highest BCUT2D eigenvalue weighted by molar-refractivity contribution is 9.10. The standard InChI is InChI=1S/C16H19BrFN5O.ClH/c1-22(9-11-8-12(17)2-3-14(11)18)16(24)15-10-23(21-20-15)13-4-6-19-7-5-13;/h2-3,8,10,13,19H,4-7,9H2,1H3;1H. The van der Waals surface area contributed by atoms with Crippen LogP contribution in [0.5, 0.6) is 0 Å². The van der Waals surface area contributed by atoms with Gasteiger partial charge in [-0.25, -0.2) is 9.07 Å². The first kappa shape index (κ1) is 19.8. The van der Waals surface area contributed by atoms with Crippen LogP contribution in [-0.2, 0) is 6.54 Å². The van der Waals surface area contributed by atoms with Crippen LogP contribution in [0.2, 0.25) is 0 Å². The van der Waals surface area contributed by atoms with Crippen LogP contribution in [0, 0.1) is 5.82 Å². The van der Waals surface area contributed by atoms with Crippen molar-refractivity contribution in [2.24, 2.45) is 0 Å². The Balaban J connectivity index is 0.00000225. The molecule has 1 amide bonds. The van der Waals surface area contributed by atoms with Crippen LogP contribution >= 0.6 is 28.3 Å². The molecule has 25 heavy (non-hydrogen) atoms. The normalized spacial score (nSPS) is 14.8. The lowest BCUT2D eigenvalue weighted by Crippen LogP contribution is -2.29. The summed E-state index contributed by atoms with van der Waals surface area (Å²) in [5, 5.41) is 11.4. The molecule has 136 valence electrons. The molecule has 0 bridgehead atoms. The van der Waals surface area contributed by atoms with Gasteiger partial charge in [0, 0.05) is 23.6 Å². The van der Waals surface area contributed by atoms with E-state index in [1.807, 2.05) is 0 Å². The van der Waals surface area contributed by atoms with Crippen molar-refractivity contribution in [1.82, 2.24) is 25.2 Å². The Morgan fingerprint density at radius 1 is 1.44 bits per heavy atom. The van der Waals surface area contributed by atoms with Crippen LogP contribution in [0.25, 0.3) is 0 Å². The van der Waals surface area contributed by atoms with Gasteiger partial charge >= 0.3 is 0 Å². The van der Waals surface area contributed by atoms with E-state index in [1.165, 1.54) is 11.0 Å². The summed E-state index contributed by atoms with van der Waals surface area (Å²) in [4.78, 5) is 14.0. The van der Waals surface area contributed by atoms with E-state index in [9.17, 15) is 9.18 Å². The van der Waals surface area contributed by atoms with Gasteiger partial charge in [0.05, 0.1) is 12.2 Å². The molecule has 9 heteroatoms. The first-order valence-corrected chi connectivity index (χ1v) is 8.66. The molecule has 1 aromatic carbocycles. The molecule has 0 radical (unpaired) electrons. The molecule has 0 spiro atoms. The Bertz CT molecular complexity index is 735. The minimum Gasteiger partial charge on any atom is -0.336 e. The first-order chi connectivity index (χ1) is 11.5. The molecule has 1 fully saturated rings. The predicted molar refractivity (Wildman–Crippen MR) is 98.3 cm³/mol. The predicted octanol–water partition coefficient (Wildman–Crippen LogP) is 2.80. The Kier molecular flexibility index (Phi) is 6.92. The van der Waals surface area contributed by atoms with E-state index >= 15 is 0 Å². The summed E-state index contributed by atoms with van der Waals surface area (Å²) in [6.45, 7) is 2.05. The van der Waals surface area contributed by atoms with Gasteiger partial charge in [0.15, 0.2) is 5.69 Å². The van der Waals surface area contributed by atoms with E-state index in [0.29, 0.717) is 5.56 Å². The molecule has 2 heterocycles. The molecule has 3 rings (SSSR count). The highest BCUT2D eigenvalue weighted by Gasteiger charge is 2.21. The second-order valence-corrected chi connectivity index (χ2v) is 6.88. The maximum atomic E-state index is 13.8. The number of carbonyl (C=O) groups excluding carboxylic acids is 1. The molecular formula is C16H20BrClFN5O. The number of amides is 1. The molecule has 2 aromatic rings. The van der Waals surface area contributed by atoms with Crippen molar-refractivity contribution in [1.29, 1.82) is 0 Å². The van der Waals surface area contributed by atoms with Crippen molar-refractivity contribution in [3.63, 3.8) is 0 Å². The summed E-state index contributed by atoms with van der Waals surface area (Å²) in [7, 11) is 1.63. The van der Waals surface area contributed by atoms with Crippen molar-refractivity contribution in [2.45, 2.75) is 25.4 Å². The van der Waals surface area contributed by atoms with E-state index in [1.54, 1.807) is 30.1 Å². The van der Waals surface area contributed by atoms with Crippen molar-refractivity contribution in [2.75, 3.05) is 20.1 Å². The molecular weight excluding hydrogens is 413 g/mol. The number of carbonyl (C=O) groups is 1. The molecule has 6 nitrogen and oxygen atoms in total. The van der Waals surface area contributed by atoms with Gasteiger partial charge in [-0.05, 0) is 44.1 Å². The lowest BCUT2D eigenvalue weighted by atomic mass is 10.1. The summed E-state index contributed by atoms with van der Waals surface area (Å²) in [5.74, 6) is -0.606. The Hall–Kier alpha value is -1.51. The van der Waals surface area contributed by atoms with Gasteiger partial charge < -0.3 is 10.2 Å². The second-order valence-electron chi connectivity index (χ2n) is 5.96. The minimum absolute atomic E-state index is 0. The van der Waals surface area contributed by atoms with E-state index in [4.69, 9.17) is 0 Å². The number of piperidine rings is 1. The van der Waals surface area contributed by atoms with Gasteiger partial charge in [0.1, 0.15) is 5.82 Å². The fourth-order valence-electron chi connectivity index (χ4n) is 2.81. The Morgan fingerprint density at radius 2 is 2.16 bits per heavy atom. The lowest BCUT2D eigenvalue weighted by Gasteiger charge is -2.22. The van der Waals surface area contributed by atoms with E-state index in [2.05, 4.69) is 31.6 Å². The lowest BCUT2D eigenvalue weighted by molar-refractivity contribution is 0.0778. The number of aromatic nitrogens is 3. The number of hydrogen-bond acceptors (Lipinski definition) is 4. The highest BCUT2D eigenvalue weighted by atomic mass is 79.9. The molecule has 0 saturated carbocycles. The van der Waals surface area contributed by atoms with Gasteiger partial charge in [-0.2, -0.15) is 0 Å². The minimum atomic E-state index is -0.337. The smallest absolute Gasteiger partial charge is 0.276 e. The number of benzene rings is 1. The number of nitrogens with zero attached hydrogens (tertiary/aromatic N) is 4. The van der Waals surface area contributed by atoms with Crippen molar-refractivity contribution in [3.8, 4) is 0 Å². The molecule has 0 unspecified atom stereocenters. The monoisotopic (exact) mass is 431 g/mol. The third-order valence-electron chi connectivity index (χ3n) is 4.17. The zero-order chi connectivity index (χ0) is 17.1. The van der Waals surface area contributed by atoms with Crippen molar-refractivity contribution in [3.05, 3.63) is 45.9 Å². The van der Waals surface area contributed by atoms with E-state index < -0.39 is 0 Å². The van der Waals surface area contributed by atoms with Crippen molar-refractivity contribution < 1.29 is 9.18 Å². The summed E-state index contributed by atoms with van der Waals surface area (Å²) in [6.07, 6.45) is 3.62. The van der Waals surface area contributed by atoms with Crippen LogP contribution in [0.4, 0.5) is 4.39 Å². The molecule has 1 N–H and O–H groups in total. The van der Waals surface area contributed by atoms with Gasteiger partial charge in [-0.1, -0.05) is 21.1 Å².